The van der Waals surface area contributed by atoms with Crippen molar-refractivity contribution in [2.75, 3.05) is 22.1 Å². The van der Waals surface area contributed by atoms with Crippen LogP contribution in [-0.2, 0) is 4.79 Å². The number of carbonyl (C=O) groups excluding carboxylic acids is 1. The minimum atomic E-state index is -0.0360. The van der Waals surface area contributed by atoms with Crippen LogP contribution in [0.1, 0.15) is 27.2 Å². The van der Waals surface area contributed by atoms with Gasteiger partial charge in [-0.1, -0.05) is 13.8 Å². The first kappa shape index (κ1) is 14.3. The van der Waals surface area contributed by atoms with E-state index in [0.29, 0.717) is 11.5 Å². The standard InChI is InChI=1S/C15H22N2OS/c1-11(18)16-12-4-6-13(7-5-12)17-14-8-15(2,3)10-19-9-14/h4-7,14,17H,8-10H2,1-3H3,(H,16,18). The molecule has 1 amide bonds. The number of anilines is 2. The van der Waals surface area contributed by atoms with Gasteiger partial charge in [-0.3, -0.25) is 4.79 Å². The summed E-state index contributed by atoms with van der Waals surface area (Å²) >= 11 is 2.02. The Balaban J connectivity index is 1.94. The quantitative estimate of drug-likeness (QED) is 0.888. The Hall–Kier alpha value is -1.16. The summed E-state index contributed by atoms with van der Waals surface area (Å²) in [5.74, 6) is 2.37. The highest BCUT2D eigenvalue weighted by Gasteiger charge is 2.28. The summed E-state index contributed by atoms with van der Waals surface area (Å²) in [6, 6.07) is 8.45. The van der Waals surface area contributed by atoms with Crippen molar-refractivity contribution in [3.8, 4) is 0 Å². The summed E-state index contributed by atoms with van der Waals surface area (Å²) in [6.07, 6.45) is 1.20. The van der Waals surface area contributed by atoms with E-state index in [0.717, 1.165) is 17.1 Å². The number of benzene rings is 1. The van der Waals surface area contributed by atoms with E-state index in [-0.39, 0.29) is 5.91 Å². The van der Waals surface area contributed by atoms with E-state index in [1.165, 1.54) is 19.1 Å². The smallest absolute Gasteiger partial charge is 0.221 e. The summed E-state index contributed by atoms with van der Waals surface area (Å²) in [7, 11) is 0. The number of thioether (sulfide) groups is 1. The topological polar surface area (TPSA) is 41.1 Å². The third-order valence-corrected chi connectivity index (χ3v) is 4.81. The van der Waals surface area contributed by atoms with E-state index >= 15 is 0 Å². The van der Waals surface area contributed by atoms with E-state index < -0.39 is 0 Å². The number of rotatable bonds is 3. The molecule has 1 heterocycles. The van der Waals surface area contributed by atoms with Crippen LogP contribution in [0.5, 0.6) is 0 Å². The maximum absolute atomic E-state index is 11.0. The number of amides is 1. The monoisotopic (exact) mass is 278 g/mol. The molecule has 0 bridgehead atoms. The lowest BCUT2D eigenvalue weighted by molar-refractivity contribution is -0.114. The summed E-state index contributed by atoms with van der Waals surface area (Å²) < 4.78 is 0. The summed E-state index contributed by atoms with van der Waals surface area (Å²) in [4.78, 5) is 11.0. The fourth-order valence-electron chi connectivity index (χ4n) is 2.44. The minimum Gasteiger partial charge on any atom is -0.381 e. The Labute approximate surface area is 119 Å². The Morgan fingerprint density at radius 1 is 1.26 bits per heavy atom. The Kier molecular flexibility index (Phi) is 4.40. The molecule has 0 spiro atoms. The number of carbonyl (C=O) groups is 1. The predicted octanol–water partition coefficient (Wildman–Crippen LogP) is 3.59. The van der Waals surface area contributed by atoms with E-state index in [2.05, 4.69) is 24.5 Å². The van der Waals surface area contributed by atoms with Crippen molar-refractivity contribution in [1.82, 2.24) is 0 Å². The first-order valence-corrected chi connectivity index (χ1v) is 7.82. The fourth-order valence-corrected chi connectivity index (χ4v) is 3.72. The van der Waals surface area contributed by atoms with Crippen LogP contribution < -0.4 is 10.6 Å². The average molecular weight is 278 g/mol. The van der Waals surface area contributed by atoms with Gasteiger partial charge in [0.05, 0.1) is 0 Å². The van der Waals surface area contributed by atoms with Crippen LogP contribution in [0.15, 0.2) is 24.3 Å². The second-order valence-corrected chi connectivity index (χ2v) is 7.01. The maximum atomic E-state index is 11.0. The van der Waals surface area contributed by atoms with E-state index in [1.807, 2.05) is 36.0 Å². The Morgan fingerprint density at radius 3 is 2.47 bits per heavy atom. The number of nitrogens with one attached hydrogen (secondary N) is 2. The van der Waals surface area contributed by atoms with E-state index in [1.54, 1.807) is 0 Å². The molecule has 2 rings (SSSR count). The van der Waals surface area contributed by atoms with Gasteiger partial charge >= 0.3 is 0 Å². The highest BCUT2D eigenvalue weighted by molar-refractivity contribution is 7.99. The van der Waals surface area contributed by atoms with Crippen LogP contribution in [0.2, 0.25) is 0 Å². The largest absolute Gasteiger partial charge is 0.381 e. The zero-order chi connectivity index (χ0) is 13.9. The maximum Gasteiger partial charge on any atom is 0.221 e. The molecular weight excluding hydrogens is 256 g/mol. The highest BCUT2D eigenvalue weighted by atomic mass is 32.2. The second-order valence-electron chi connectivity index (χ2n) is 5.98. The number of hydrogen-bond acceptors (Lipinski definition) is 3. The molecule has 1 atom stereocenters. The third kappa shape index (κ3) is 4.46. The third-order valence-electron chi connectivity index (χ3n) is 3.19. The molecule has 1 unspecified atom stereocenters. The van der Waals surface area contributed by atoms with Crippen molar-refractivity contribution in [2.24, 2.45) is 5.41 Å². The molecule has 0 saturated carbocycles. The summed E-state index contributed by atoms with van der Waals surface area (Å²) in [5, 5.41) is 6.36. The van der Waals surface area contributed by atoms with E-state index in [4.69, 9.17) is 0 Å². The van der Waals surface area contributed by atoms with Gasteiger partial charge in [-0.2, -0.15) is 11.8 Å². The van der Waals surface area contributed by atoms with Crippen LogP contribution in [0.3, 0.4) is 0 Å². The zero-order valence-electron chi connectivity index (χ0n) is 11.8. The molecule has 0 aliphatic carbocycles. The van der Waals surface area contributed by atoms with Crippen molar-refractivity contribution in [2.45, 2.75) is 33.2 Å². The SMILES string of the molecule is CC(=O)Nc1ccc(NC2CSCC(C)(C)C2)cc1. The molecular formula is C15H22N2OS. The average Bonchev–Trinajstić information content (AvgIpc) is 2.30. The minimum absolute atomic E-state index is 0.0360. The molecule has 1 aliphatic heterocycles. The molecule has 2 N–H and O–H groups in total. The Bertz CT molecular complexity index is 442. The molecule has 1 aromatic rings. The van der Waals surface area contributed by atoms with Gasteiger partial charge in [0.1, 0.15) is 0 Å². The molecule has 104 valence electrons. The molecule has 19 heavy (non-hydrogen) atoms. The molecule has 1 saturated heterocycles. The van der Waals surface area contributed by atoms with Crippen molar-refractivity contribution in [1.29, 1.82) is 0 Å². The van der Waals surface area contributed by atoms with Gasteiger partial charge in [0.15, 0.2) is 0 Å². The normalized spacial score (nSPS) is 21.7. The van der Waals surface area contributed by atoms with Crippen LogP contribution in [0.4, 0.5) is 11.4 Å². The highest BCUT2D eigenvalue weighted by Crippen LogP contribution is 2.34. The molecule has 3 nitrogen and oxygen atoms in total. The molecule has 0 aromatic heterocycles. The fraction of sp³-hybridized carbons (Fsp3) is 0.533. The lowest BCUT2D eigenvalue weighted by atomic mass is 9.88. The molecule has 1 aromatic carbocycles. The second kappa shape index (κ2) is 5.87. The Morgan fingerprint density at radius 2 is 1.89 bits per heavy atom. The lowest BCUT2D eigenvalue weighted by Gasteiger charge is -2.35. The van der Waals surface area contributed by atoms with Gasteiger partial charge in [-0.25, -0.2) is 0 Å². The van der Waals surface area contributed by atoms with Gasteiger partial charge in [0.25, 0.3) is 0 Å². The van der Waals surface area contributed by atoms with Gasteiger partial charge in [0, 0.05) is 30.1 Å². The van der Waals surface area contributed by atoms with Crippen LogP contribution in [-0.4, -0.2) is 23.5 Å². The predicted molar refractivity (Wildman–Crippen MR) is 83.9 cm³/mol. The first-order valence-electron chi connectivity index (χ1n) is 6.67. The summed E-state index contributed by atoms with van der Waals surface area (Å²) in [6.45, 7) is 6.18. The van der Waals surface area contributed by atoms with Gasteiger partial charge in [-0.05, 0) is 41.9 Å². The molecule has 1 aliphatic rings. The lowest BCUT2D eigenvalue weighted by Crippen LogP contribution is -2.35. The molecule has 0 radical (unpaired) electrons. The van der Waals surface area contributed by atoms with Crippen LogP contribution in [0, 0.1) is 5.41 Å². The number of hydrogen-bond donors (Lipinski definition) is 2. The van der Waals surface area contributed by atoms with Gasteiger partial charge in [0.2, 0.25) is 5.91 Å². The molecule has 1 fully saturated rings. The van der Waals surface area contributed by atoms with Crippen molar-refractivity contribution >= 4 is 29.0 Å². The van der Waals surface area contributed by atoms with Gasteiger partial charge in [-0.15, -0.1) is 0 Å². The van der Waals surface area contributed by atoms with Crippen LogP contribution >= 0.6 is 11.8 Å². The summed E-state index contributed by atoms with van der Waals surface area (Å²) in [5.41, 5.74) is 2.38. The van der Waals surface area contributed by atoms with Crippen molar-refractivity contribution in [3.05, 3.63) is 24.3 Å². The van der Waals surface area contributed by atoms with Gasteiger partial charge < -0.3 is 10.6 Å². The first-order chi connectivity index (χ1) is 8.94. The van der Waals surface area contributed by atoms with Crippen LogP contribution in [0.25, 0.3) is 0 Å². The van der Waals surface area contributed by atoms with Crippen molar-refractivity contribution in [3.63, 3.8) is 0 Å². The van der Waals surface area contributed by atoms with Crippen molar-refractivity contribution < 1.29 is 4.79 Å². The molecule has 4 heteroatoms. The zero-order valence-corrected chi connectivity index (χ0v) is 12.6. The van der Waals surface area contributed by atoms with E-state index in [9.17, 15) is 4.79 Å².